The molecule has 0 amide bonds. The standard InChI is InChI=1S/C13H15N3O2S2/c1-8-9(2)19-13(15-8)16-20(17,18)12-4-3-10-6-14-7-11(10)5-12/h3-5,14H,6-7H2,1-2H3,(H,15,16). The minimum Gasteiger partial charge on any atom is -0.309 e. The van der Waals surface area contributed by atoms with E-state index >= 15 is 0 Å². The second-order valence-corrected chi connectivity index (χ2v) is 7.69. The molecule has 2 heterocycles. The topological polar surface area (TPSA) is 71.1 Å². The lowest BCUT2D eigenvalue weighted by Crippen LogP contribution is -2.13. The molecular weight excluding hydrogens is 294 g/mol. The zero-order valence-electron chi connectivity index (χ0n) is 11.2. The van der Waals surface area contributed by atoms with Gasteiger partial charge in [0.25, 0.3) is 10.0 Å². The zero-order chi connectivity index (χ0) is 14.3. The fraction of sp³-hybridized carbons (Fsp3) is 0.308. The maximum atomic E-state index is 12.4. The number of benzene rings is 1. The Morgan fingerprint density at radius 3 is 2.70 bits per heavy atom. The van der Waals surface area contributed by atoms with Crippen molar-refractivity contribution in [3.05, 3.63) is 39.9 Å². The zero-order valence-corrected chi connectivity index (χ0v) is 12.9. The number of aryl methyl sites for hydroxylation is 2. The number of nitrogens with one attached hydrogen (secondary N) is 2. The summed E-state index contributed by atoms with van der Waals surface area (Å²) in [6.07, 6.45) is 0. The Labute approximate surface area is 122 Å². The molecule has 0 saturated heterocycles. The number of hydrogen-bond donors (Lipinski definition) is 2. The summed E-state index contributed by atoms with van der Waals surface area (Å²) in [7, 11) is -3.57. The minimum absolute atomic E-state index is 0.283. The van der Waals surface area contributed by atoms with E-state index in [9.17, 15) is 8.42 Å². The summed E-state index contributed by atoms with van der Waals surface area (Å²) in [5.41, 5.74) is 3.05. The quantitative estimate of drug-likeness (QED) is 0.911. The number of sulfonamides is 1. The van der Waals surface area contributed by atoms with Crippen molar-refractivity contribution in [3.63, 3.8) is 0 Å². The Morgan fingerprint density at radius 2 is 2.00 bits per heavy atom. The van der Waals surface area contributed by atoms with Gasteiger partial charge in [-0.2, -0.15) is 0 Å². The van der Waals surface area contributed by atoms with Crippen molar-refractivity contribution in [2.75, 3.05) is 4.72 Å². The van der Waals surface area contributed by atoms with Crippen LogP contribution >= 0.6 is 11.3 Å². The summed E-state index contributed by atoms with van der Waals surface area (Å²) in [6.45, 7) is 5.30. The number of hydrogen-bond acceptors (Lipinski definition) is 5. The molecule has 2 aromatic rings. The largest absolute Gasteiger partial charge is 0.309 e. The third kappa shape index (κ3) is 2.44. The fourth-order valence-electron chi connectivity index (χ4n) is 2.13. The van der Waals surface area contributed by atoms with E-state index in [1.54, 1.807) is 12.1 Å². The van der Waals surface area contributed by atoms with E-state index in [0.717, 1.165) is 28.2 Å². The molecule has 0 saturated carbocycles. The number of nitrogens with zero attached hydrogens (tertiary/aromatic N) is 1. The lowest BCUT2D eigenvalue weighted by Gasteiger charge is -2.06. The van der Waals surface area contributed by atoms with Crippen LogP contribution in [0.5, 0.6) is 0 Å². The second-order valence-electron chi connectivity index (χ2n) is 4.80. The summed E-state index contributed by atoms with van der Waals surface area (Å²) in [5, 5.41) is 3.62. The molecule has 0 atom stereocenters. The molecule has 0 unspecified atom stereocenters. The predicted molar refractivity (Wildman–Crippen MR) is 79.4 cm³/mol. The van der Waals surface area contributed by atoms with Crippen molar-refractivity contribution in [1.29, 1.82) is 0 Å². The third-order valence-corrected chi connectivity index (χ3v) is 5.82. The molecule has 0 spiro atoms. The summed E-state index contributed by atoms with van der Waals surface area (Å²) < 4.78 is 27.3. The van der Waals surface area contributed by atoms with Crippen LogP contribution in [0.25, 0.3) is 0 Å². The molecular formula is C13H15N3O2S2. The number of fused-ring (bicyclic) bond motifs is 1. The maximum absolute atomic E-state index is 12.4. The van der Waals surface area contributed by atoms with E-state index in [1.165, 1.54) is 11.3 Å². The molecule has 0 radical (unpaired) electrons. The van der Waals surface area contributed by atoms with Crippen molar-refractivity contribution < 1.29 is 8.42 Å². The first kappa shape index (κ1) is 13.5. The van der Waals surface area contributed by atoms with Crippen LogP contribution in [0.2, 0.25) is 0 Å². The number of rotatable bonds is 3. The van der Waals surface area contributed by atoms with Crippen LogP contribution in [-0.4, -0.2) is 13.4 Å². The van der Waals surface area contributed by atoms with E-state index in [2.05, 4.69) is 15.0 Å². The molecule has 1 aliphatic rings. The van der Waals surface area contributed by atoms with Gasteiger partial charge in [0.1, 0.15) is 0 Å². The Balaban J connectivity index is 1.92. The lowest BCUT2D eigenvalue weighted by molar-refractivity contribution is 0.601. The van der Waals surface area contributed by atoms with Crippen molar-refractivity contribution in [3.8, 4) is 0 Å². The molecule has 0 aliphatic carbocycles. The molecule has 7 heteroatoms. The molecule has 1 aromatic heterocycles. The van der Waals surface area contributed by atoms with Crippen LogP contribution in [0.1, 0.15) is 21.7 Å². The predicted octanol–water partition coefficient (Wildman–Crippen LogP) is 2.16. The molecule has 0 bridgehead atoms. The summed E-state index contributed by atoms with van der Waals surface area (Å²) in [6, 6.07) is 5.23. The van der Waals surface area contributed by atoms with Gasteiger partial charge in [-0.25, -0.2) is 13.4 Å². The number of aromatic nitrogens is 1. The van der Waals surface area contributed by atoms with Gasteiger partial charge in [-0.1, -0.05) is 6.07 Å². The van der Waals surface area contributed by atoms with E-state index in [1.807, 2.05) is 19.9 Å². The van der Waals surface area contributed by atoms with Crippen molar-refractivity contribution in [2.45, 2.75) is 31.8 Å². The monoisotopic (exact) mass is 309 g/mol. The van der Waals surface area contributed by atoms with E-state index in [-0.39, 0.29) is 4.90 Å². The average molecular weight is 309 g/mol. The second kappa shape index (κ2) is 4.83. The normalized spacial score (nSPS) is 14.3. The number of anilines is 1. The smallest absolute Gasteiger partial charge is 0.263 e. The van der Waals surface area contributed by atoms with E-state index < -0.39 is 10.0 Å². The first-order valence-electron chi connectivity index (χ1n) is 6.25. The Morgan fingerprint density at radius 1 is 1.25 bits per heavy atom. The van der Waals surface area contributed by atoms with Crippen LogP contribution in [0.3, 0.4) is 0 Å². The van der Waals surface area contributed by atoms with Gasteiger partial charge < -0.3 is 5.32 Å². The van der Waals surface area contributed by atoms with Gasteiger partial charge in [0.15, 0.2) is 5.13 Å². The third-order valence-electron chi connectivity index (χ3n) is 3.37. The Bertz CT molecular complexity index is 746. The molecule has 1 aromatic carbocycles. The average Bonchev–Trinajstić information content (AvgIpc) is 2.95. The van der Waals surface area contributed by atoms with Crippen LogP contribution in [-0.2, 0) is 23.1 Å². The molecule has 2 N–H and O–H groups in total. The van der Waals surface area contributed by atoms with E-state index in [0.29, 0.717) is 11.7 Å². The van der Waals surface area contributed by atoms with Crippen molar-refractivity contribution in [1.82, 2.24) is 10.3 Å². The fourth-order valence-corrected chi connectivity index (χ4v) is 4.23. The van der Waals surface area contributed by atoms with Gasteiger partial charge in [-0.3, -0.25) is 4.72 Å². The van der Waals surface area contributed by atoms with Gasteiger partial charge in [-0.05, 0) is 37.1 Å². The maximum Gasteiger partial charge on any atom is 0.263 e. The number of thiazole rings is 1. The molecule has 0 fully saturated rings. The van der Waals surface area contributed by atoms with Crippen LogP contribution < -0.4 is 10.0 Å². The molecule has 1 aliphatic heterocycles. The summed E-state index contributed by atoms with van der Waals surface area (Å²) in [4.78, 5) is 5.51. The first-order valence-corrected chi connectivity index (χ1v) is 8.55. The summed E-state index contributed by atoms with van der Waals surface area (Å²) in [5.74, 6) is 0. The van der Waals surface area contributed by atoms with Crippen molar-refractivity contribution >= 4 is 26.5 Å². The highest BCUT2D eigenvalue weighted by Crippen LogP contribution is 2.25. The van der Waals surface area contributed by atoms with Crippen LogP contribution in [0, 0.1) is 13.8 Å². The molecule has 106 valence electrons. The van der Waals surface area contributed by atoms with Crippen LogP contribution in [0.15, 0.2) is 23.1 Å². The van der Waals surface area contributed by atoms with Crippen LogP contribution in [0.4, 0.5) is 5.13 Å². The van der Waals surface area contributed by atoms with Gasteiger partial charge in [0, 0.05) is 18.0 Å². The minimum atomic E-state index is -3.57. The first-order chi connectivity index (χ1) is 9.45. The van der Waals surface area contributed by atoms with Crippen molar-refractivity contribution in [2.24, 2.45) is 0 Å². The summed E-state index contributed by atoms with van der Waals surface area (Å²) >= 11 is 1.35. The highest BCUT2D eigenvalue weighted by molar-refractivity contribution is 7.93. The van der Waals surface area contributed by atoms with Gasteiger partial charge >= 0.3 is 0 Å². The van der Waals surface area contributed by atoms with E-state index in [4.69, 9.17) is 0 Å². The van der Waals surface area contributed by atoms with Gasteiger partial charge in [0.05, 0.1) is 10.6 Å². The van der Waals surface area contributed by atoms with Gasteiger partial charge in [0.2, 0.25) is 0 Å². The Kier molecular flexibility index (Phi) is 3.27. The Hall–Kier alpha value is -1.44. The molecule has 5 nitrogen and oxygen atoms in total. The lowest BCUT2D eigenvalue weighted by atomic mass is 10.1. The highest BCUT2D eigenvalue weighted by Gasteiger charge is 2.19. The molecule has 3 rings (SSSR count). The van der Waals surface area contributed by atoms with Gasteiger partial charge in [-0.15, -0.1) is 11.3 Å². The SMILES string of the molecule is Cc1nc(NS(=O)(=O)c2ccc3c(c2)CNC3)sc1C. The molecule has 20 heavy (non-hydrogen) atoms. The highest BCUT2D eigenvalue weighted by atomic mass is 32.2.